The zero-order valence-corrected chi connectivity index (χ0v) is 11.6. The van der Waals surface area contributed by atoms with E-state index in [4.69, 9.17) is 4.74 Å². The van der Waals surface area contributed by atoms with Crippen molar-refractivity contribution in [3.63, 3.8) is 0 Å². The highest BCUT2D eigenvalue weighted by molar-refractivity contribution is 5.79. The molecule has 19 heavy (non-hydrogen) atoms. The largest absolute Gasteiger partial charge is 0.497 e. The van der Waals surface area contributed by atoms with Gasteiger partial charge in [-0.1, -0.05) is 12.1 Å². The van der Waals surface area contributed by atoms with Gasteiger partial charge in [0, 0.05) is 26.2 Å². The molecule has 1 aliphatic rings. The molecule has 0 aromatic heterocycles. The average Bonchev–Trinajstić information content (AvgIpc) is 2.84. The molecule has 2 atom stereocenters. The van der Waals surface area contributed by atoms with E-state index in [1.165, 1.54) is 0 Å². The summed E-state index contributed by atoms with van der Waals surface area (Å²) in [6, 6.07) is 7.96. The van der Waals surface area contributed by atoms with E-state index in [-0.39, 0.29) is 17.9 Å². The van der Waals surface area contributed by atoms with Crippen LogP contribution in [0.5, 0.6) is 5.75 Å². The summed E-state index contributed by atoms with van der Waals surface area (Å²) in [6.45, 7) is 3.30. The van der Waals surface area contributed by atoms with Crippen molar-refractivity contribution in [3.8, 4) is 5.75 Å². The van der Waals surface area contributed by atoms with Gasteiger partial charge in [-0.15, -0.1) is 0 Å². The Morgan fingerprint density at radius 1 is 1.53 bits per heavy atom. The van der Waals surface area contributed by atoms with E-state index >= 15 is 0 Å². The summed E-state index contributed by atoms with van der Waals surface area (Å²) in [7, 11) is 3.48. The predicted molar refractivity (Wildman–Crippen MR) is 73.6 cm³/mol. The third-order valence-corrected chi connectivity index (χ3v) is 3.50. The summed E-state index contributed by atoms with van der Waals surface area (Å²) in [5, 5.41) is 0. The lowest BCUT2D eigenvalue weighted by Gasteiger charge is -2.22. The minimum Gasteiger partial charge on any atom is -0.497 e. The molecule has 104 valence electrons. The van der Waals surface area contributed by atoms with Gasteiger partial charge in [-0.05, 0) is 24.6 Å². The molecule has 0 radical (unpaired) electrons. The number of hydrogen-bond acceptors (Lipinski definition) is 4. The molecule has 0 spiro atoms. The van der Waals surface area contributed by atoms with Crippen molar-refractivity contribution in [2.75, 3.05) is 20.7 Å². The third kappa shape index (κ3) is 3.24. The Morgan fingerprint density at radius 2 is 2.32 bits per heavy atom. The van der Waals surface area contributed by atoms with Crippen LogP contribution < -0.4 is 15.6 Å². The number of methoxy groups -OCH3 is 1. The molecule has 0 bridgehead atoms. The van der Waals surface area contributed by atoms with Crippen molar-refractivity contribution in [2.24, 2.45) is 5.92 Å². The molecular weight excluding hydrogens is 242 g/mol. The number of nitrogens with one attached hydrogen (secondary N) is 2. The molecule has 2 unspecified atom stereocenters. The van der Waals surface area contributed by atoms with Crippen molar-refractivity contribution in [1.82, 2.24) is 15.8 Å². The quantitative estimate of drug-likeness (QED) is 0.842. The Balaban J connectivity index is 1.99. The van der Waals surface area contributed by atoms with Gasteiger partial charge in [-0.25, -0.2) is 0 Å². The fourth-order valence-electron chi connectivity index (χ4n) is 2.31. The highest BCUT2D eigenvalue weighted by Crippen LogP contribution is 2.16. The van der Waals surface area contributed by atoms with Crippen LogP contribution in [0, 0.1) is 5.92 Å². The minimum absolute atomic E-state index is 0.00407. The number of hydrogen-bond donors (Lipinski definition) is 2. The normalized spacial score (nSPS) is 22.3. The minimum atomic E-state index is -0.00407. The molecule has 5 heteroatoms. The molecule has 2 N–H and O–H groups in total. The Labute approximate surface area is 113 Å². The first-order valence-electron chi connectivity index (χ1n) is 6.48. The summed E-state index contributed by atoms with van der Waals surface area (Å²) in [5.41, 5.74) is 7.16. The number of benzene rings is 1. The third-order valence-electron chi connectivity index (χ3n) is 3.50. The molecule has 1 aliphatic heterocycles. The van der Waals surface area contributed by atoms with Gasteiger partial charge in [-0.2, -0.15) is 0 Å². The van der Waals surface area contributed by atoms with Crippen LogP contribution in [-0.4, -0.2) is 37.6 Å². The molecule has 1 heterocycles. The zero-order valence-electron chi connectivity index (χ0n) is 11.6. The fraction of sp³-hybridized carbons (Fsp3) is 0.500. The van der Waals surface area contributed by atoms with Crippen LogP contribution in [0.4, 0.5) is 0 Å². The molecule has 5 nitrogen and oxygen atoms in total. The summed E-state index contributed by atoms with van der Waals surface area (Å²) in [5.74, 6) is 0.972. The molecule has 1 aromatic carbocycles. The summed E-state index contributed by atoms with van der Waals surface area (Å²) in [4.78, 5) is 14.1. The van der Waals surface area contributed by atoms with Crippen LogP contribution in [0.1, 0.15) is 12.5 Å². The second kappa shape index (κ2) is 6.04. The zero-order chi connectivity index (χ0) is 13.8. The lowest BCUT2D eigenvalue weighted by atomic mass is 10.0. The monoisotopic (exact) mass is 263 g/mol. The lowest BCUT2D eigenvalue weighted by Crippen LogP contribution is -2.38. The van der Waals surface area contributed by atoms with Gasteiger partial charge in [0.05, 0.1) is 13.0 Å². The predicted octanol–water partition coefficient (Wildman–Crippen LogP) is 0.766. The topological polar surface area (TPSA) is 53.6 Å². The number of carbonyl (C=O) groups excluding carboxylic acids is 1. The second-order valence-corrected chi connectivity index (χ2v) is 4.97. The van der Waals surface area contributed by atoms with Crippen molar-refractivity contribution >= 4 is 5.91 Å². The first kappa shape index (κ1) is 13.8. The lowest BCUT2D eigenvalue weighted by molar-refractivity contribution is -0.134. The first-order valence-corrected chi connectivity index (χ1v) is 6.48. The van der Waals surface area contributed by atoms with Crippen molar-refractivity contribution in [1.29, 1.82) is 0 Å². The highest BCUT2D eigenvalue weighted by Gasteiger charge is 2.31. The van der Waals surface area contributed by atoms with Crippen LogP contribution in [-0.2, 0) is 11.3 Å². The van der Waals surface area contributed by atoms with Gasteiger partial charge in [0.15, 0.2) is 0 Å². The van der Waals surface area contributed by atoms with E-state index in [9.17, 15) is 4.79 Å². The Morgan fingerprint density at radius 3 is 2.95 bits per heavy atom. The maximum atomic E-state index is 12.3. The Bertz CT molecular complexity index is 450. The molecule has 1 fully saturated rings. The molecule has 1 aromatic rings. The van der Waals surface area contributed by atoms with Crippen LogP contribution in [0.2, 0.25) is 0 Å². The summed E-state index contributed by atoms with van der Waals surface area (Å²) in [6.07, 6.45) is 0. The maximum absolute atomic E-state index is 12.3. The van der Waals surface area contributed by atoms with Crippen molar-refractivity contribution in [3.05, 3.63) is 29.8 Å². The van der Waals surface area contributed by atoms with Gasteiger partial charge < -0.3 is 9.64 Å². The van der Waals surface area contributed by atoms with Gasteiger partial charge in [0.25, 0.3) is 0 Å². The SMILES string of the molecule is COc1cccc(CN(C)C(=O)C2CNNC2C)c1. The second-order valence-electron chi connectivity index (χ2n) is 4.97. The molecule has 1 amide bonds. The number of rotatable bonds is 4. The number of hydrazine groups is 1. The smallest absolute Gasteiger partial charge is 0.228 e. The van der Waals surface area contributed by atoms with E-state index in [1.54, 1.807) is 12.0 Å². The van der Waals surface area contributed by atoms with E-state index in [1.807, 2.05) is 38.2 Å². The van der Waals surface area contributed by atoms with Crippen LogP contribution in [0.15, 0.2) is 24.3 Å². The van der Waals surface area contributed by atoms with E-state index in [0.29, 0.717) is 13.1 Å². The van der Waals surface area contributed by atoms with Gasteiger partial charge in [0.1, 0.15) is 5.75 Å². The average molecular weight is 263 g/mol. The van der Waals surface area contributed by atoms with Crippen molar-refractivity contribution in [2.45, 2.75) is 19.5 Å². The molecule has 2 rings (SSSR count). The standard InChI is InChI=1S/C14H21N3O2/c1-10-13(8-15-16-10)14(18)17(2)9-11-5-4-6-12(7-11)19-3/h4-7,10,13,15-16H,8-9H2,1-3H3. The molecule has 0 saturated carbocycles. The molecule has 0 aliphatic carbocycles. The number of nitrogens with zero attached hydrogens (tertiary/aromatic N) is 1. The van der Waals surface area contributed by atoms with Crippen molar-refractivity contribution < 1.29 is 9.53 Å². The fourth-order valence-corrected chi connectivity index (χ4v) is 2.31. The van der Waals surface area contributed by atoms with Crippen LogP contribution in [0.25, 0.3) is 0 Å². The first-order chi connectivity index (χ1) is 9.11. The molecule has 1 saturated heterocycles. The number of ether oxygens (including phenoxy) is 1. The van der Waals surface area contributed by atoms with Crippen LogP contribution in [0.3, 0.4) is 0 Å². The summed E-state index contributed by atoms with van der Waals surface area (Å²) < 4.78 is 5.19. The van der Waals surface area contributed by atoms with E-state index in [0.717, 1.165) is 11.3 Å². The van der Waals surface area contributed by atoms with E-state index in [2.05, 4.69) is 10.9 Å². The molecular formula is C14H21N3O2. The maximum Gasteiger partial charge on any atom is 0.228 e. The Hall–Kier alpha value is -1.59. The number of amides is 1. The van der Waals surface area contributed by atoms with E-state index < -0.39 is 0 Å². The Kier molecular flexibility index (Phi) is 4.39. The highest BCUT2D eigenvalue weighted by atomic mass is 16.5. The van der Waals surface area contributed by atoms with Gasteiger partial charge >= 0.3 is 0 Å². The summed E-state index contributed by atoms with van der Waals surface area (Å²) >= 11 is 0. The van der Waals surface area contributed by atoms with Crippen LogP contribution >= 0.6 is 0 Å². The van der Waals surface area contributed by atoms with Gasteiger partial charge in [0.2, 0.25) is 5.91 Å². The number of carbonyl (C=O) groups is 1. The van der Waals surface area contributed by atoms with Gasteiger partial charge in [-0.3, -0.25) is 15.6 Å².